The van der Waals surface area contributed by atoms with Crippen LogP contribution in [-0.4, -0.2) is 61.2 Å². The number of esters is 2. The molecule has 0 aromatic carbocycles. The summed E-state index contributed by atoms with van der Waals surface area (Å²) < 4.78 is 9.20. The zero-order valence-electron chi connectivity index (χ0n) is 9.60. The average Bonchev–Trinajstić information content (AvgIpc) is 2.18. The van der Waals surface area contributed by atoms with Crippen molar-refractivity contribution in [3.05, 3.63) is 5.53 Å². The number of rotatable bonds is 6. The van der Waals surface area contributed by atoms with Gasteiger partial charge in [0.15, 0.2) is 0 Å². The highest BCUT2D eigenvalue weighted by atomic mass is 16.6. The number of carbonyl (C=O) groups excluding carboxylic acids is 2. The van der Waals surface area contributed by atoms with Crippen LogP contribution in [0, 0.1) is 0 Å². The number of hydrogen-bond acceptors (Lipinski definition) is 5. The van der Waals surface area contributed by atoms with E-state index in [1.54, 1.807) is 25.9 Å². The smallest absolute Gasteiger partial charge is 0.457 e. The van der Waals surface area contributed by atoms with Crippen molar-refractivity contribution in [3.63, 3.8) is 0 Å². The molecule has 7 heteroatoms. The minimum absolute atomic E-state index is 0.0861. The van der Waals surface area contributed by atoms with Crippen LogP contribution in [0.4, 0.5) is 0 Å². The quantitative estimate of drug-likeness (QED) is 0.198. The van der Waals surface area contributed by atoms with Crippen molar-refractivity contribution in [2.75, 3.05) is 33.9 Å². The third-order valence-electron chi connectivity index (χ3n) is 1.53. The summed E-state index contributed by atoms with van der Waals surface area (Å²) in [6.45, 7) is 2.27. The SMILES string of the molecule is CCOC(=O)C(=[N+]=[N-])C(=O)OCCN(C)C. The van der Waals surface area contributed by atoms with E-state index in [9.17, 15) is 9.59 Å². The van der Waals surface area contributed by atoms with Crippen molar-refractivity contribution in [3.8, 4) is 0 Å². The second kappa shape index (κ2) is 7.56. The largest absolute Gasteiger partial charge is 0.482 e. The lowest BCUT2D eigenvalue weighted by Gasteiger charge is -2.08. The predicted molar refractivity (Wildman–Crippen MR) is 54.8 cm³/mol. The summed E-state index contributed by atoms with van der Waals surface area (Å²) in [5.41, 5.74) is 7.73. The van der Waals surface area contributed by atoms with E-state index in [0.29, 0.717) is 6.54 Å². The van der Waals surface area contributed by atoms with E-state index in [1.165, 1.54) is 0 Å². The Morgan fingerprint density at radius 1 is 1.25 bits per heavy atom. The first kappa shape index (κ1) is 14.3. The molecule has 0 N–H and O–H groups in total. The Labute approximate surface area is 93.6 Å². The Kier molecular flexibility index (Phi) is 6.74. The maximum Gasteiger partial charge on any atom is 0.482 e. The summed E-state index contributed by atoms with van der Waals surface area (Å²) >= 11 is 0. The monoisotopic (exact) mass is 229 g/mol. The highest BCUT2D eigenvalue weighted by Crippen LogP contribution is 1.88. The molecule has 0 saturated carbocycles. The lowest BCUT2D eigenvalue weighted by molar-refractivity contribution is -0.149. The summed E-state index contributed by atoms with van der Waals surface area (Å²) in [5, 5.41) is 0. The van der Waals surface area contributed by atoms with Gasteiger partial charge >= 0.3 is 17.7 Å². The van der Waals surface area contributed by atoms with Gasteiger partial charge in [0.25, 0.3) is 0 Å². The van der Waals surface area contributed by atoms with E-state index in [2.05, 4.69) is 9.53 Å². The van der Waals surface area contributed by atoms with Crippen LogP contribution >= 0.6 is 0 Å². The van der Waals surface area contributed by atoms with E-state index in [-0.39, 0.29) is 13.2 Å². The molecule has 0 rings (SSSR count). The van der Waals surface area contributed by atoms with Crippen LogP contribution in [-0.2, 0) is 19.1 Å². The van der Waals surface area contributed by atoms with Crippen molar-refractivity contribution in [1.82, 2.24) is 4.90 Å². The molecule has 0 aromatic rings. The Morgan fingerprint density at radius 3 is 2.25 bits per heavy atom. The van der Waals surface area contributed by atoms with E-state index in [0.717, 1.165) is 0 Å². The maximum absolute atomic E-state index is 11.2. The number of nitrogens with zero attached hydrogens (tertiary/aromatic N) is 3. The molecular weight excluding hydrogens is 214 g/mol. The molecule has 0 spiro atoms. The second-order valence-electron chi connectivity index (χ2n) is 3.11. The Balaban J connectivity index is 4.24. The van der Waals surface area contributed by atoms with Crippen molar-refractivity contribution < 1.29 is 23.9 Å². The lowest BCUT2D eigenvalue weighted by atomic mass is 10.4. The molecule has 0 radical (unpaired) electrons. The van der Waals surface area contributed by atoms with Gasteiger partial charge < -0.3 is 19.9 Å². The van der Waals surface area contributed by atoms with E-state index in [4.69, 9.17) is 10.3 Å². The number of carbonyl (C=O) groups is 2. The maximum atomic E-state index is 11.2. The molecule has 0 aliphatic heterocycles. The molecule has 0 saturated heterocycles. The highest BCUT2D eigenvalue weighted by Gasteiger charge is 2.32. The van der Waals surface area contributed by atoms with Gasteiger partial charge in [0.05, 0.1) is 6.61 Å². The summed E-state index contributed by atoms with van der Waals surface area (Å²) in [4.78, 5) is 26.7. The van der Waals surface area contributed by atoms with Crippen LogP contribution in [0.15, 0.2) is 0 Å². The first-order valence-corrected chi connectivity index (χ1v) is 4.74. The van der Waals surface area contributed by atoms with Crippen molar-refractivity contribution in [1.29, 1.82) is 0 Å². The molecule has 7 nitrogen and oxygen atoms in total. The summed E-state index contributed by atoms with van der Waals surface area (Å²) in [7, 11) is 3.61. The molecule has 0 fully saturated rings. The third kappa shape index (κ3) is 5.23. The Hall–Kier alpha value is -1.72. The van der Waals surface area contributed by atoms with Crippen LogP contribution < -0.4 is 0 Å². The van der Waals surface area contributed by atoms with Crippen LogP contribution in [0.1, 0.15) is 6.92 Å². The Morgan fingerprint density at radius 2 is 1.81 bits per heavy atom. The van der Waals surface area contributed by atoms with Crippen molar-refractivity contribution in [2.45, 2.75) is 6.92 Å². The Bertz CT molecular complexity index is 308. The first-order valence-electron chi connectivity index (χ1n) is 4.74. The standard InChI is InChI=1S/C9H15N3O4/c1-4-15-8(13)7(11-10)9(14)16-6-5-12(2)3/h4-6H2,1-3H3. The zero-order valence-corrected chi connectivity index (χ0v) is 9.60. The summed E-state index contributed by atoms with van der Waals surface area (Å²) in [5.74, 6) is -2.00. The summed E-state index contributed by atoms with van der Waals surface area (Å²) in [6, 6.07) is 0. The molecule has 0 amide bonds. The van der Waals surface area contributed by atoms with Gasteiger partial charge in [-0.15, -0.1) is 0 Å². The van der Waals surface area contributed by atoms with Crippen LogP contribution in [0.5, 0.6) is 0 Å². The number of likely N-dealkylation sites (N-methyl/N-ethyl adjacent to an activating group) is 1. The molecule has 0 aliphatic carbocycles. The van der Waals surface area contributed by atoms with E-state index < -0.39 is 17.7 Å². The fraction of sp³-hybridized carbons (Fsp3) is 0.667. The molecule has 0 unspecified atom stereocenters. The van der Waals surface area contributed by atoms with Gasteiger partial charge in [-0.1, -0.05) is 0 Å². The van der Waals surface area contributed by atoms with E-state index >= 15 is 0 Å². The number of hydrogen-bond donors (Lipinski definition) is 0. The van der Waals surface area contributed by atoms with Gasteiger partial charge in [-0.25, -0.2) is 9.59 Å². The van der Waals surface area contributed by atoms with Gasteiger partial charge in [-0.3, -0.25) is 0 Å². The predicted octanol–water partition coefficient (Wildman–Crippen LogP) is -0.675. The highest BCUT2D eigenvalue weighted by molar-refractivity contribution is 6.60. The van der Waals surface area contributed by atoms with Crippen molar-refractivity contribution >= 4 is 17.7 Å². The molecule has 90 valence electrons. The van der Waals surface area contributed by atoms with Crippen LogP contribution in [0.25, 0.3) is 5.53 Å². The third-order valence-corrected chi connectivity index (χ3v) is 1.53. The van der Waals surface area contributed by atoms with Crippen LogP contribution in [0.2, 0.25) is 0 Å². The fourth-order valence-electron chi connectivity index (χ4n) is 0.754. The van der Waals surface area contributed by atoms with Gasteiger partial charge in [0, 0.05) is 6.54 Å². The first-order chi connectivity index (χ1) is 7.52. The normalized spacial score (nSPS) is 9.50. The molecule has 0 bridgehead atoms. The molecule has 16 heavy (non-hydrogen) atoms. The molecular formula is C9H15N3O4. The average molecular weight is 229 g/mol. The van der Waals surface area contributed by atoms with Crippen LogP contribution in [0.3, 0.4) is 0 Å². The topological polar surface area (TPSA) is 92.2 Å². The molecule has 0 atom stereocenters. The van der Waals surface area contributed by atoms with Gasteiger partial charge in [0.1, 0.15) is 6.61 Å². The minimum atomic E-state index is -1.00. The van der Waals surface area contributed by atoms with E-state index in [1.807, 2.05) is 0 Å². The second-order valence-corrected chi connectivity index (χ2v) is 3.11. The molecule has 0 aliphatic rings. The van der Waals surface area contributed by atoms with Gasteiger partial charge in [-0.2, -0.15) is 4.79 Å². The number of ether oxygens (including phenoxy) is 2. The molecule has 0 heterocycles. The van der Waals surface area contributed by atoms with Gasteiger partial charge in [-0.05, 0) is 21.0 Å². The molecule has 0 aromatic heterocycles. The fourth-order valence-corrected chi connectivity index (χ4v) is 0.754. The summed E-state index contributed by atoms with van der Waals surface area (Å²) in [6.07, 6.45) is 0. The minimum Gasteiger partial charge on any atom is -0.457 e. The van der Waals surface area contributed by atoms with Crippen molar-refractivity contribution in [2.24, 2.45) is 0 Å². The zero-order chi connectivity index (χ0) is 12.6. The lowest BCUT2D eigenvalue weighted by Crippen LogP contribution is -2.31. The van der Waals surface area contributed by atoms with Gasteiger partial charge in [0.2, 0.25) is 0 Å².